The average molecular weight is 549 g/mol. The van der Waals surface area contributed by atoms with E-state index in [-0.39, 0.29) is 11.4 Å². The van der Waals surface area contributed by atoms with Crippen molar-refractivity contribution in [2.75, 3.05) is 31.1 Å². The first-order valence-corrected chi connectivity index (χ1v) is 14.9. The van der Waals surface area contributed by atoms with Crippen molar-refractivity contribution < 1.29 is 4.79 Å². The minimum absolute atomic E-state index is 0.0709. The topological polar surface area (TPSA) is 65.5 Å². The van der Waals surface area contributed by atoms with Crippen molar-refractivity contribution in [3.8, 4) is 0 Å². The molecular weight excluding hydrogens is 508 g/mol. The van der Waals surface area contributed by atoms with E-state index in [1.807, 2.05) is 31.0 Å². The molecule has 0 spiro atoms. The van der Waals surface area contributed by atoms with E-state index in [0.717, 1.165) is 75.3 Å². The summed E-state index contributed by atoms with van der Waals surface area (Å²) in [6.07, 6.45) is 7.62. The van der Waals surface area contributed by atoms with E-state index in [1.165, 1.54) is 23.0 Å². The zero-order valence-electron chi connectivity index (χ0n) is 24.5. The molecule has 2 aromatic heterocycles. The molecule has 1 amide bonds. The number of pyridine rings is 1. The molecule has 2 fully saturated rings. The molecular formula is C34H40N6O. The number of aromatic nitrogens is 3. The summed E-state index contributed by atoms with van der Waals surface area (Å²) in [5.41, 5.74) is 5.91. The Balaban J connectivity index is 1.15. The number of fused-ring (bicyclic) bond motifs is 1. The molecule has 7 heteroatoms. The van der Waals surface area contributed by atoms with Crippen LogP contribution in [0.25, 0.3) is 10.9 Å². The van der Waals surface area contributed by atoms with Crippen LogP contribution in [-0.2, 0) is 6.54 Å². The number of aryl methyl sites for hydroxylation is 2. The monoisotopic (exact) mass is 548 g/mol. The number of nitrogens with zero attached hydrogens (tertiary/aromatic N) is 6. The lowest BCUT2D eigenvalue weighted by atomic mass is 9.85. The number of hydrogen-bond acceptors (Lipinski definition) is 6. The predicted octanol–water partition coefficient (Wildman–Crippen LogP) is 5.81. The van der Waals surface area contributed by atoms with Gasteiger partial charge in [0.15, 0.2) is 0 Å². The number of benzene rings is 2. The van der Waals surface area contributed by atoms with Gasteiger partial charge in [0.05, 0.1) is 28.2 Å². The first-order valence-electron chi connectivity index (χ1n) is 14.9. The third-order valence-electron chi connectivity index (χ3n) is 9.35. The second-order valence-corrected chi connectivity index (χ2v) is 11.9. The molecule has 212 valence electrons. The maximum Gasteiger partial charge on any atom is 0.257 e. The van der Waals surface area contributed by atoms with Crippen LogP contribution in [0.4, 0.5) is 5.69 Å². The maximum absolute atomic E-state index is 13.3. The quantitative estimate of drug-likeness (QED) is 0.303. The standard InChI is InChI=1S/C34H40N6O/c1-25-31(26(2)37-24-36-25)33(41)38-21-16-34(3,17-22-38)39-19-14-29(15-20-39)40(23-27-9-5-4-6-10-27)30-13-7-11-28-12-8-18-35-32(28)30/h4-13,18,24,29H,14-17,19-23H2,1-3H3. The lowest BCUT2D eigenvalue weighted by Crippen LogP contribution is -2.58. The summed E-state index contributed by atoms with van der Waals surface area (Å²) in [6.45, 7) is 10.7. The van der Waals surface area contributed by atoms with Crippen molar-refractivity contribution in [3.63, 3.8) is 0 Å². The minimum Gasteiger partial charge on any atom is -0.362 e. The Morgan fingerprint density at radius 2 is 1.56 bits per heavy atom. The summed E-state index contributed by atoms with van der Waals surface area (Å²) < 4.78 is 0. The molecule has 2 aliphatic heterocycles. The third kappa shape index (κ3) is 5.55. The summed E-state index contributed by atoms with van der Waals surface area (Å²) in [5, 5.41) is 1.18. The fourth-order valence-electron chi connectivity index (χ4n) is 6.80. The fourth-order valence-corrected chi connectivity index (χ4v) is 6.80. The molecule has 4 aromatic rings. The summed E-state index contributed by atoms with van der Waals surface area (Å²) in [6, 6.07) is 21.9. The van der Waals surface area contributed by atoms with E-state index in [1.54, 1.807) is 0 Å². The number of likely N-dealkylation sites (tertiary alicyclic amines) is 2. The number of para-hydroxylation sites is 1. The van der Waals surface area contributed by atoms with E-state index in [2.05, 4.69) is 81.3 Å². The van der Waals surface area contributed by atoms with Crippen LogP contribution in [0.1, 0.15) is 59.9 Å². The lowest BCUT2D eigenvalue weighted by Gasteiger charge is -2.50. The number of hydrogen-bond donors (Lipinski definition) is 0. The molecule has 0 atom stereocenters. The van der Waals surface area contributed by atoms with Crippen molar-refractivity contribution >= 4 is 22.5 Å². The summed E-state index contributed by atoms with van der Waals surface area (Å²) in [4.78, 5) is 34.0. The predicted molar refractivity (Wildman–Crippen MR) is 164 cm³/mol. The molecule has 0 radical (unpaired) electrons. The van der Waals surface area contributed by atoms with Crippen LogP contribution in [0.3, 0.4) is 0 Å². The smallest absolute Gasteiger partial charge is 0.257 e. The second kappa shape index (κ2) is 11.6. The highest BCUT2D eigenvalue weighted by molar-refractivity contribution is 5.96. The molecule has 0 bridgehead atoms. The highest BCUT2D eigenvalue weighted by Crippen LogP contribution is 2.35. The van der Waals surface area contributed by atoms with Gasteiger partial charge in [0, 0.05) is 55.9 Å². The van der Waals surface area contributed by atoms with Crippen molar-refractivity contribution in [3.05, 3.63) is 95.7 Å². The van der Waals surface area contributed by atoms with Crippen LogP contribution in [0, 0.1) is 13.8 Å². The van der Waals surface area contributed by atoms with E-state index >= 15 is 0 Å². The zero-order chi connectivity index (χ0) is 28.4. The molecule has 4 heterocycles. The number of anilines is 1. The molecule has 0 saturated carbocycles. The van der Waals surface area contributed by atoms with Gasteiger partial charge in [-0.1, -0.05) is 48.5 Å². The van der Waals surface area contributed by atoms with E-state index in [4.69, 9.17) is 4.98 Å². The number of rotatable bonds is 6. The Hall–Kier alpha value is -3.84. The summed E-state index contributed by atoms with van der Waals surface area (Å²) >= 11 is 0. The van der Waals surface area contributed by atoms with Gasteiger partial charge in [0.25, 0.3) is 5.91 Å². The molecule has 0 aliphatic carbocycles. The van der Waals surface area contributed by atoms with Crippen LogP contribution < -0.4 is 4.90 Å². The molecule has 6 rings (SSSR count). The van der Waals surface area contributed by atoms with Crippen molar-refractivity contribution in [1.82, 2.24) is 24.8 Å². The van der Waals surface area contributed by atoms with Crippen LogP contribution in [0.2, 0.25) is 0 Å². The second-order valence-electron chi connectivity index (χ2n) is 11.9. The van der Waals surface area contributed by atoms with E-state index in [9.17, 15) is 4.79 Å². The van der Waals surface area contributed by atoms with Crippen LogP contribution >= 0.6 is 0 Å². The zero-order valence-corrected chi connectivity index (χ0v) is 24.5. The Morgan fingerprint density at radius 1 is 0.878 bits per heavy atom. The van der Waals surface area contributed by atoms with Gasteiger partial charge in [-0.2, -0.15) is 0 Å². The van der Waals surface area contributed by atoms with Gasteiger partial charge in [-0.3, -0.25) is 14.7 Å². The Bertz CT molecular complexity index is 1480. The Morgan fingerprint density at radius 3 is 2.27 bits per heavy atom. The number of amides is 1. The summed E-state index contributed by atoms with van der Waals surface area (Å²) in [7, 11) is 0. The van der Waals surface area contributed by atoms with Crippen LogP contribution in [0.5, 0.6) is 0 Å². The van der Waals surface area contributed by atoms with Crippen LogP contribution in [0.15, 0.2) is 73.2 Å². The van der Waals surface area contributed by atoms with Gasteiger partial charge >= 0.3 is 0 Å². The highest BCUT2D eigenvalue weighted by Gasteiger charge is 2.40. The van der Waals surface area contributed by atoms with E-state index in [0.29, 0.717) is 11.6 Å². The number of piperidine rings is 2. The molecule has 2 saturated heterocycles. The van der Waals surface area contributed by atoms with Gasteiger partial charge < -0.3 is 9.80 Å². The van der Waals surface area contributed by atoms with Gasteiger partial charge in [-0.25, -0.2) is 9.97 Å². The van der Waals surface area contributed by atoms with Gasteiger partial charge in [0.2, 0.25) is 0 Å². The molecule has 0 N–H and O–H groups in total. The largest absolute Gasteiger partial charge is 0.362 e. The van der Waals surface area contributed by atoms with Gasteiger partial charge in [-0.05, 0) is 64.2 Å². The van der Waals surface area contributed by atoms with Crippen molar-refractivity contribution in [2.24, 2.45) is 0 Å². The lowest BCUT2D eigenvalue weighted by molar-refractivity contribution is 0.0170. The van der Waals surface area contributed by atoms with Crippen molar-refractivity contribution in [1.29, 1.82) is 0 Å². The first-order chi connectivity index (χ1) is 19.9. The average Bonchev–Trinajstić information content (AvgIpc) is 3.00. The normalized spacial score (nSPS) is 18.0. The summed E-state index contributed by atoms with van der Waals surface area (Å²) in [5.74, 6) is 0.0709. The highest BCUT2D eigenvalue weighted by atomic mass is 16.2. The first kappa shape index (κ1) is 27.3. The van der Waals surface area contributed by atoms with Gasteiger partial charge in [0.1, 0.15) is 6.33 Å². The molecule has 2 aliphatic rings. The van der Waals surface area contributed by atoms with Crippen LogP contribution in [-0.4, -0.2) is 68.4 Å². The third-order valence-corrected chi connectivity index (χ3v) is 9.35. The Labute approximate surface area is 243 Å². The van der Waals surface area contributed by atoms with Gasteiger partial charge in [-0.15, -0.1) is 0 Å². The maximum atomic E-state index is 13.3. The SMILES string of the molecule is Cc1ncnc(C)c1C(=O)N1CCC(C)(N2CCC(N(Cc3ccccc3)c3cccc4cccnc34)CC2)CC1. The molecule has 7 nitrogen and oxygen atoms in total. The molecule has 41 heavy (non-hydrogen) atoms. The Kier molecular flexibility index (Phi) is 7.71. The van der Waals surface area contributed by atoms with Crippen molar-refractivity contribution in [2.45, 2.75) is 64.6 Å². The molecule has 2 aromatic carbocycles. The van der Waals surface area contributed by atoms with E-state index < -0.39 is 0 Å². The number of carbonyl (C=O) groups is 1. The number of carbonyl (C=O) groups excluding carboxylic acids is 1. The minimum atomic E-state index is 0.0709. The molecule has 0 unspecified atom stereocenters. The fraction of sp³-hybridized carbons (Fsp3) is 0.412.